The molecular weight excluding hydrogens is 209 g/mol. The van der Waals surface area contributed by atoms with Gasteiger partial charge in [-0.25, -0.2) is 0 Å². The van der Waals surface area contributed by atoms with Gasteiger partial charge in [-0.2, -0.15) is 0 Å². The lowest BCUT2D eigenvalue weighted by Gasteiger charge is -2.38. The third-order valence-electron chi connectivity index (χ3n) is 2.47. The molecule has 0 aromatic heterocycles. The molecule has 1 amide bonds. The minimum Gasteiger partial charge on any atom is -0.811 e. The van der Waals surface area contributed by atoms with Crippen molar-refractivity contribution in [3.8, 4) is 0 Å². The van der Waals surface area contributed by atoms with E-state index >= 15 is 0 Å². The number of hydrogen-bond acceptors (Lipinski definition) is 5. The van der Waals surface area contributed by atoms with Crippen molar-refractivity contribution in [3.05, 3.63) is 5.21 Å². The molecule has 0 spiro atoms. The van der Waals surface area contributed by atoms with Gasteiger partial charge in [0, 0.05) is 13.0 Å². The summed E-state index contributed by atoms with van der Waals surface area (Å²) in [6.07, 6.45) is 0.455. The molecule has 1 saturated carbocycles. The number of carbonyl (C=O) groups is 1. The van der Waals surface area contributed by atoms with E-state index in [1.807, 2.05) is 0 Å². The van der Waals surface area contributed by atoms with Gasteiger partial charge in [-0.05, 0) is 24.9 Å². The molecular formula is C7H11NO5P-3. The van der Waals surface area contributed by atoms with E-state index < -0.39 is 25.2 Å². The summed E-state index contributed by atoms with van der Waals surface area (Å²) in [4.78, 5) is 32.0. The van der Waals surface area contributed by atoms with Crippen molar-refractivity contribution in [2.24, 2.45) is 0 Å². The van der Waals surface area contributed by atoms with Crippen molar-refractivity contribution in [3.63, 3.8) is 0 Å². The predicted molar refractivity (Wildman–Crippen MR) is 44.9 cm³/mol. The molecule has 82 valence electrons. The summed E-state index contributed by atoms with van der Waals surface area (Å²) in [5.74, 6) is -0.651. The molecule has 0 aliphatic heterocycles. The van der Waals surface area contributed by atoms with Gasteiger partial charge in [0.05, 0.1) is 0 Å². The molecule has 7 heteroatoms. The molecule has 2 atom stereocenters. The van der Waals surface area contributed by atoms with E-state index in [1.165, 1.54) is 0 Å². The number of rotatable bonds is 2. The van der Waals surface area contributed by atoms with Crippen LogP contribution in [0, 0.1) is 5.21 Å². The molecule has 1 aliphatic rings. The Labute approximate surface area is 81.6 Å². The quantitative estimate of drug-likeness (QED) is 0.445. The van der Waals surface area contributed by atoms with Gasteiger partial charge in [0.15, 0.2) is 0 Å². The van der Waals surface area contributed by atoms with E-state index in [9.17, 15) is 24.4 Å². The van der Waals surface area contributed by atoms with Gasteiger partial charge in [0.25, 0.3) is 0 Å². The first-order valence-corrected chi connectivity index (χ1v) is 5.92. The number of hydroxylamine groups is 2. The largest absolute Gasteiger partial charge is 0.811 e. The Morgan fingerprint density at radius 2 is 2.00 bits per heavy atom. The van der Waals surface area contributed by atoms with Crippen molar-refractivity contribution in [2.45, 2.75) is 37.9 Å². The van der Waals surface area contributed by atoms with Crippen LogP contribution in [0.15, 0.2) is 0 Å². The van der Waals surface area contributed by atoms with Crippen LogP contribution in [0.4, 0.5) is 0 Å². The van der Waals surface area contributed by atoms with Crippen LogP contribution in [0.1, 0.15) is 26.2 Å². The zero-order valence-corrected chi connectivity index (χ0v) is 8.61. The fraction of sp³-hybridized carbons (Fsp3) is 0.857. The first-order valence-electron chi connectivity index (χ1n) is 4.31. The summed E-state index contributed by atoms with van der Waals surface area (Å²) in [7, 11) is -4.60. The van der Waals surface area contributed by atoms with Crippen molar-refractivity contribution in [1.29, 1.82) is 0 Å². The lowest BCUT2D eigenvalue weighted by molar-refractivity contribution is -0.316. The Kier molecular flexibility index (Phi) is 3.32. The Hall–Kier alpha value is -0.420. The molecule has 0 radical (unpaired) electrons. The highest BCUT2D eigenvalue weighted by Gasteiger charge is 2.28. The SMILES string of the molecule is CC(=O)N([O-])C1CCC(P(=O)([O-])[O-])C1. The summed E-state index contributed by atoms with van der Waals surface area (Å²) >= 11 is 0. The average molecular weight is 220 g/mol. The predicted octanol–water partition coefficient (Wildman–Crippen LogP) is -0.833. The van der Waals surface area contributed by atoms with Gasteiger partial charge >= 0.3 is 0 Å². The number of nitrogens with zero attached hydrogens (tertiary/aromatic N) is 1. The zero-order valence-electron chi connectivity index (χ0n) is 7.71. The summed E-state index contributed by atoms with van der Waals surface area (Å²) in [6.45, 7) is 1.12. The van der Waals surface area contributed by atoms with Crippen molar-refractivity contribution < 1.29 is 19.1 Å². The lowest BCUT2D eigenvalue weighted by atomic mass is 10.2. The third kappa shape index (κ3) is 2.54. The number of hydrogen-bond donors (Lipinski definition) is 0. The van der Waals surface area contributed by atoms with Gasteiger partial charge in [-0.3, -0.25) is 4.79 Å². The Balaban J connectivity index is 2.58. The molecule has 0 N–H and O–H groups in total. The van der Waals surface area contributed by atoms with E-state index in [0.717, 1.165) is 6.92 Å². The molecule has 0 saturated heterocycles. The van der Waals surface area contributed by atoms with Crippen LogP contribution in [0.2, 0.25) is 0 Å². The maximum Gasteiger partial charge on any atom is 0.209 e. The maximum atomic E-state index is 11.1. The molecule has 14 heavy (non-hydrogen) atoms. The van der Waals surface area contributed by atoms with Crippen molar-refractivity contribution >= 4 is 13.5 Å². The van der Waals surface area contributed by atoms with Crippen molar-refractivity contribution in [1.82, 2.24) is 5.06 Å². The molecule has 0 heterocycles. The van der Waals surface area contributed by atoms with Crippen LogP contribution in [0.5, 0.6) is 0 Å². The third-order valence-corrected chi connectivity index (χ3v) is 3.83. The van der Waals surface area contributed by atoms with Gasteiger partial charge < -0.3 is 24.6 Å². The van der Waals surface area contributed by atoms with Crippen LogP contribution < -0.4 is 9.79 Å². The first kappa shape index (κ1) is 11.7. The molecule has 1 fully saturated rings. The Morgan fingerprint density at radius 3 is 2.36 bits per heavy atom. The highest BCUT2D eigenvalue weighted by Crippen LogP contribution is 2.43. The smallest absolute Gasteiger partial charge is 0.209 e. The fourth-order valence-corrected chi connectivity index (χ4v) is 2.66. The van der Waals surface area contributed by atoms with E-state index in [-0.39, 0.29) is 17.9 Å². The molecule has 2 unspecified atom stereocenters. The summed E-state index contributed by atoms with van der Waals surface area (Å²) in [5.41, 5.74) is -0.983. The topological polar surface area (TPSA) is 107 Å². The molecule has 0 aromatic rings. The maximum absolute atomic E-state index is 11.1. The van der Waals surface area contributed by atoms with E-state index in [4.69, 9.17) is 0 Å². The van der Waals surface area contributed by atoms with E-state index in [2.05, 4.69) is 0 Å². The average Bonchev–Trinajstić information content (AvgIpc) is 2.49. The standard InChI is InChI=1S/C7H13NO5P/c1-5(9)8(10)6-2-3-7(4-6)14(11,12)13/h6-7H,2-4H2,1H3,(H2,11,12,13)/q-1/p-2. The number of amides is 1. The first-order chi connectivity index (χ1) is 6.32. The van der Waals surface area contributed by atoms with E-state index in [1.54, 1.807) is 0 Å². The highest BCUT2D eigenvalue weighted by atomic mass is 31.2. The van der Waals surface area contributed by atoms with Crippen LogP contribution >= 0.6 is 7.60 Å². The van der Waals surface area contributed by atoms with Gasteiger partial charge in [0.1, 0.15) is 0 Å². The second kappa shape index (κ2) is 3.98. The minimum atomic E-state index is -4.60. The van der Waals surface area contributed by atoms with E-state index in [0.29, 0.717) is 6.42 Å². The van der Waals surface area contributed by atoms with Gasteiger partial charge in [-0.1, -0.05) is 7.60 Å². The summed E-state index contributed by atoms with van der Waals surface area (Å²) < 4.78 is 10.6. The Morgan fingerprint density at radius 1 is 1.43 bits per heavy atom. The second-order valence-electron chi connectivity index (χ2n) is 3.51. The normalized spacial score (nSPS) is 27.7. The van der Waals surface area contributed by atoms with Gasteiger partial charge in [0.2, 0.25) is 5.91 Å². The second-order valence-corrected chi connectivity index (χ2v) is 5.32. The van der Waals surface area contributed by atoms with Gasteiger partial charge in [-0.15, -0.1) is 0 Å². The molecule has 6 nitrogen and oxygen atoms in total. The number of carbonyl (C=O) groups excluding carboxylic acids is 1. The summed E-state index contributed by atoms with van der Waals surface area (Å²) in [5, 5.41) is 11.4. The molecule has 0 aromatic carbocycles. The summed E-state index contributed by atoms with van der Waals surface area (Å²) in [6, 6.07) is -0.645. The fourth-order valence-electron chi connectivity index (χ4n) is 1.69. The minimum absolute atomic E-state index is 0.0205. The Bertz CT molecular complexity index is 275. The van der Waals surface area contributed by atoms with Crippen molar-refractivity contribution in [2.75, 3.05) is 0 Å². The van der Waals surface area contributed by atoms with Crippen LogP contribution in [-0.4, -0.2) is 22.7 Å². The molecule has 1 aliphatic carbocycles. The van der Waals surface area contributed by atoms with Crippen LogP contribution in [-0.2, 0) is 9.36 Å². The van der Waals surface area contributed by atoms with Crippen LogP contribution in [0.3, 0.4) is 0 Å². The lowest BCUT2D eigenvalue weighted by Crippen LogP contribution is -2.33. The zero-order chi connectivity index (χ0) is 10.9. The molecule has 0 bridgehead atoms. The van der Waals surface area contributed by atoms with Crippen LogP contribution in [0.25, 0.3) is 0 Å². The monoisotopic (exact) mass is 220 g/mol. The molecule has 1 rings (SSSR count). The highest BCUT2D eigenvalue weighted by molar-refractivity contribution is 7.49.